The molecule has 1 aromatic rings. The Balaban J connectivity index is 1.76. The summed E-state index contributed by atoms with van der Waals surface area (Å²) in [5.41, 5.74) is 7.04. The summed E-state index contributed by atoms with van der Waals surface area (Å²) in [5.74, 6) is 0.846. The van der Waals surface area contributed by atoms with Gasteiger partial charge in [-0.2, -0.15) is 0 Å². The molecule has 22 heavy (non-hydrogen) atoms. The van der Waals surface area contributed by atoms with Gasteiger partial charge in [-0.05, 0) is 50.8 Å². The molecule has 2 aliphatic rings. The van der Waals surface area contributed by atoms with Crippen molar-refractivity contribution >= 4 is 17.7 Å². The van der Waals surface area contributed by atoms with Crippen LogP contribution in [0.3, 0.4) is 0 Å². The molecule has 1 unspecified atom stereocenters. The average molecular weight is 318 g/mol. The van der Waals surface area contributed by atoms with Gasteiger partial charge in [0, 0.05) is 18.0 Å². The van der Waals surface area contributed by atoms with Crippen molar-refractivity contribution in [2.24, 2.45) is 11.7 Å². The number of thioether (sulfide) groups is 1. The van der Waals surface area contributed by atoms with Crippen LogP contribution in [0.15, 0.2) is 29.2 Å². The topological polar surface area (TPSA) is 46.3 Å². The van der Waals surface area contributed by atoms with Gasteiger partial charge in [0.2, 0.25) is 5.91 Å². The molecular weight excluding hydrogens is 292 g/mol. The number of aryl methyl sites for hydroxylation is 1. The van der Waals surface area contributed by atoms with Crippen LogP contribution >= 0.6 is 11.8 Å². The minimum Gasteiger partial charge on any atom is -0.341 e. The Hall–Kier alpha value is -1.00. The Morgan fingerprint density at radius 2 is 2.00 bits per heavy atom. The number of rotatable bonds is 4. The lowest BCUT2D eigenvalue weighted by Crippen LogP contribution is -2.44. The number of likely N-dealkylation sites (tertiary alicyclic amines) is 1. The summed E-state index contributed by atoms with van der Waals surface area (Å²) in [4.78, 5) is 16.5. The highest BCUT2D eigenvalue weighted by atomic mass is 32.2. The van der Waals surface area contributed by atoms with E-state index in [-0.39, 0.29) is 4.75 Å². The fourth-order valence-corrected chi connectivity index (χ4v) is 5.07. The van der Waals surface area contributed by atoms with Gasteiger partial charge in [0.15, 0.2) is 0 Å². The molecule has 1 saturated carbocycles. The summed E-state index contributed by atoms with van der Waals surface area (Å²) in [5, 5.41) is 0. The third-order valence-electron chi connectivity index (χ3n) is 5.04. The number of hydrogen-bond acceptors (Lipinski definition) is 3. The molecule has 1 saturated heterocycles. The normalized spacial score (nSPS) is 23.9. The zero-order valence-electron chi connectivity index (χ0n) is 13.4. The van der Waals surface area contributed by atoms with E-state index in [0.29, 0.717) is 18.4 Å². The predicted octanol–water partition coefficient (Wildman–Crippen LogP) is 3.21. The van der Waals surface area contributed by atoms with Gasteiger partial charge in [0.1, 0.15) is 0 Å². The zero-order chi connectivity index (χ0) is 15.6. The van der Waals surface area contributed by atoms with Crippen LogP contribution in [0.4, 0.5) is 0 Å². The van der Waals surface area contributed by atoms with Crippen LogP contribution in [0.1, 0.15) is 37.7 Å². The molecule has 2 N–H and O–H groups in total. The SMILES string of the molecule is Cc1ccc(SC2(C(=O)N3CCC(CN)C3)CCCC2)cc1. The molecule has 0 radical (unpaired) electrons. The summed E-state index contributed by atoms with van der Waals surface area (Å²) in [7, 11) is 0. The first-order chi connectivity index (χ1) is 10.6. The highest BCUT2D eigenvalue weighted by molar-refractivity contribution is 8.01. The molecule has 1 aromatic carbocycles. The van der Waals surface area contributed by atoms with Gasteiger partial charge in [-0.15, -0.1) is 11.8 Å². The van der Waals surface area contributed by atoms with Gasteiger partial charge in [0.05, 0.1) is 4.75 Å². The maximum Gasteiger partial charge on any atom is 0.239 e. The number of benzene rings is 1. The highest BCUT2D eigenvalue weighted by Crippen LogP contribution is 2.47. The molecule has 1 aliphatic carbocycles. The van der Waals surface area contributed by atoms with Crippen molar-refractivity contribution < 1.29 is 4.79 Å². The van der Waals surface area contributed by atoms with Gasteiger partial charge < -0.3 is 10.6 Å². The Labute approximate surface area is 137 Å². The number of amides is 1. The van der Waals surface area contributed by atoms with Crippen LogP contribution in [0.25, 0.3) is 0 Å². The first-order valence-electron chi connectivity index (χ1n) is 8.38. The van der Waals surface area contributed by atoms with E-state index in [1.165, 1.54) is 23.3 Å². The number of hydrogen-bond donors (Lipinski definition) is 1. The Kier molecular flexibility index (Phi) is 4.79. The van der Waals surface area contributed by atoms with E-state index >= 15 is 0 Å². The van der Waals surface area contributed by atoms with Gasteiger partial charge in [0.25, 0.3) is 0 Å². The Morgan fingerprint density at radius 3 is 2.59 bits per heavy atom. The first kappa shape index (κ1) is 15.9. The minimum atomic E-state index is -0.237. The molecule has 3 nitrogen and oxygen atoms in total. The van der Waals surface area contributed by atoms with Crippen LogP contribution in [0.5, 0.6) is 0 Å². The summed E-state index contributed by atoms with van der Waals surface area (Å²) >= 11 is 1.79. The van der Waals surface area contributed by atoms with E-state index < -0.39 is 0 Å². The first-order valence-corrected chi connectivity index (χ1v) is 9.20. The summed E-state index contributed by atoms with van der Waals surface area (Å²) in [6.07, 6.45) is 5.41. The van der Waals surface area contributed by atoms with Crippen molar-refractivity contribution in [3.8, 4) is 0 Å². The summed E-state index contributed by atoms with van der Waals surface area (Å²) < 4.78 is -0.237. The van der Waals surface area contributed by atoms with E-state index in [1.54, 1.807) is 11.8 Å². The van der Waals surface area contributed by atoms with Crippen molar-refractivity contribution in [1.29, 1.82) is 0 Å². The molecule has 1 aliphatic heterocycles. The number of nitrogens with zero attached hydrogens (tertiary/aromatic N) is 1. The Bertz CT molecular complexity index is 522. The van der Waals surface area contributed by atoms with Gasteiger partial charge in [-0.1, -0.05) is 30.5 Å². The van der Waals surface area contributed by atoms with E-state index in [0.717, 1.165) is 32.4 Å². The van der Waals surface area contributed by atoms with Gasteiger partial charge in [-0.25, -0.2) is 0 Å². The number of carbonyl (C=O) groups excluding carboxylic acids is 1. The molecule has 1 amide bonds. The number of carbonyl (C=O) groups is 1. The molecule has 2 fully saturated rings. The highest BCUT2D eigenvalue weighted by Gasteiger charge is 2.45. The minimum absolute atomic E-state index is 0.237. The molecule has 1 atom stereocenters. The standard InChI is InChI=1S/C18H26N2OS/c1-14-4-6-16(7-5-14)22-18(9-2-3-10-18)17(21)20-11-8-15(12-19)13-20/h4-7,15H,2-3,8-13,19H2,1H3. The molecule has 4 heteroatoms. The third-order valence-corrected chi connectivity index (χ3v) is 6.52. The van der Waals surface area contributed by atoms with Crippen molar-refractivity contribution in [3.63, 3.8) is 0 Å². The van der Waals surface area contributed by atoms with Crippen LogP contribution in [-0.4, -0.2) is 35.2 Å². The van der Waals surface area contributed by atoms with E-state index in [4.69, 9.17) is 5.73 Å². The van der Waals surface area contributed by atoms with Crippen LogP contribution in [-0.2, 0) is 4.79 Å². The number of nitrogens with two attached hydrogens (primary N) is 1. The third kappa shape index (κ3) is 3.18. The molecule has 1 heterocycles. The van der Waals surface area contributed by atoms with E-state index in [1.807, 2.05) is 0 Å². The van der Waals surface area contributed by atoms with E-state index in [2.05, 4.69) is 36.1 Å². The summed E-state index contributed by atoms with van der Waals surface area (Å²) in [6.45, 7) is 4.53. The second-order valence-corrected chi connectivity index (χ2v) is 8.22. The summed E-state index contributed by atoms with van der Waals surface area (Å²) in [6, 6.07) is 8.57. The zero-order valence-corrected chi connectivity index (χ0v) is 14.2. The van der Waals surface area contributed by atoms with Gasteiger partial charge in [-0.3, -0.25) is 4.79 Å². The monoisotopic (exact) mass is 318 g/mol. The Morgan fingerprint density at radius 1 is 1.32 bits per heavy atom. The molecule has 0 spiro atoms. The quantitative estimate of drug-likeness (QED) is 0.927. The van der Waals surface area contributed by atoms with E-state index in [9.17, 15) is 4.79 Å². The molecule has 0 bridgehead atoms. The van der Waals surface area contributed by atoms with Crippen molar-refractivity contribution in [3.05, 3.63) is 29.8 Å². The largest absolute Gasteiger partial charge is 0.341 e. The molecular formula is C18H26N2OS. The van der Waals surface area contributed by atoms with Crippen molar-refractivity contribution in [1.82, 2.24) is 4.90 Å². The predicted molar refractivity (Wildman–Crippen MR) is 92.0 cm³/mol. The maximum absolute atomic E-state index is 13.2. The lowest BCUT2D eigenvalue weighted by Gasteiger charge is -2.32. The van der Waals surface area contributed by atoms with Gasteiger partial charge >= 0.3 is 0 Å². The van der Waals surface area contributed by atoms with Crippen LogP contribution < -0.4 is 5.73 Å². The fraction of sp³-hybridized carbons (Fsp3) is 0.611. The van der Waals surface area contributed by atoms with Crippen molar-refractivity contribution in [2.45, 2.75) is 48.7 Å². The second kappa shape index (κ2) is 6.63. The second-order valence-electron chi connectivity index (χ2n) is 6.76. The average Bonchev–Trinajstić information content (AvgIpc) is 3.19. The molecule has 0 aromatic heterocycles. The lowest BCUT2D eigenvalue weighted by atomic mass is 10.1. The van der Waals surface area contributed by atoms with Crippen molar-refractivity contribution in [2.75, 3.05) is 19.6 Å². The lowest BCUT2D eigenvalue weighted by molar-refractivity contribution is -0.132. The molecule has 3 rings (SSSR count). The smallest absolute Gasteiger partial charge is 0.239 e. The van der Waals surface area contributed by atoms with Crippen LogP contribution in [0, 0.1) is 12.8 Å². The molecule has 120 valence electrons. The van der Waals surface area contributed by atoms with Crippen LogP contribution in [0.2, 0.25) is 0 Å². The maximum atomic E-state index is 13.2. The fourth-order valence-electron chi connectivity index (χ4n) is 3.64.